The summed E-state index contributed by atoms with van der Waals surface area (Å²) in [7, 11) is 0. The molecule has 0 radical (unpaired) electrons. The molecule has 1 saturated carbocycles. The molecule has 150 valence electrons. The highest BCUT2D eigenvalue weighted by molar-refractivity contribution is 6.02. The number of hydrogen-bond acceptors (Lipinski definition) is 6. The Morgan fingerprint density at radius 1 is 1.11 bits per heavy atom. The van der Waals surface area contributed by atoms with E-state index in [1.807, 2.05) is 36.4 Å². The first-order chi connectivity index (χ1) is 13.5. The molecule has 6 heteroatoms. The second-order valence-corrected chi connectivity index (χ2v) is 7.23. The number of benzene rings is 1. The third-order valence-corrected chi connectivity index (χ3v) is 5.64. The minimum atomic E-state index is -1.58. The van der Waals surface area contributed by atoms with Crippen LogP contribution in [0.15, 0.2) is 42.2 Å². The van der Waals surface area contributed by atoms with Crippen LogP contribution < -0.4 is 0 Å². The van der Waals surface area contributed by atoms with Crippen LogP contribution in [0.5, 0.6) is 0 Å². The first kappa shape index (κ1) is 20.1. The maximum Gasteiger partial charge on any atom is 0.324 e. The Morgan fingerprint density at radius 3 is 2.29 bits per heavy atom. The van der Waals surface area contributed by atoms with Crippen LogP contribution in [0.3, 0.4) is 0 Å². The zero-order valence-corrected chi connectivity index (χ0v) is 16.5. The van der Waals surface area contributed by atoms with Crippen molar-refractivity contribution < 1.29 is 28.6 Å². The summed E-state index contributed by atoms with van der Waals surface area (Å²) < 4.78 is 16.1. The van der Waals surface area contributed by atoms with Gasteiger partial charge in [-0.2, -0.15) is 0 Å². The monoisotopic (exact) mass is 386 g/mol. The van der Waals surface area contributed by atoms with E-state index in [9.17, 15) is 14.4 Å². The molecule has 1 aromatic carbocycles. The smallest absolute Gasteiger partial charge is 0.324 e. The van der Waals surface area contributed by atoms with E-state index in [1.54, 1.807) is 20.8 Å². The summed E-state index contributed by atoms with van der Waals surface area (Å²) in [6, 6.07) is 9.17. The number of esters is 3. The van der Waals surface area contributed by atoms with Crippen molar-refractivity contribution in [3.8, 4) is 0 Å². The van der Waals surface area contributed by atoms with Crippen molar-refractivity contribution in [3.05, 3.63) is 47.7 Å². The third kappa shape index (κ3) is 3.32. The Balaban J connectivity index is 2.20. The van der Waals surface area contributed by atoms with Gasteiger partial charge in [0.2, 0.25) is 0 Å². The van der Waals surface area contributed by atoms with Gasteiger partial charge in [-0.15, -0.1) is 0 Å². The SMILES string of the molecule is CCOC(=O)C1(C(=O)OCC)CC[C@@H]2C=C(C)OC(=O)[C@@H]2[C@H]1c1ccccc1. The van der Waals surface area contributed by atoms with E-state index >= 15 is 0 Å². The molecule has 6 nitrogen and oxygen atoms in total. The molecule has 3 rings (SSSR count). The van der Waals surface area contributed by atoms with Crippen LogP contribution >= 0.6 is 0 Å². The van der Waals surface area contributed by atoms with Gasteiger partial charge < -0.3 is 14.2 Å². The summed E-state index contributed by atoms with van der Waals surface area (Å²) in [5, 5.41) is 0. The number of fused-ring (bicyclic) bond motifs is 1. The molecule has 28 heavy (non-hydrogen) atoms. The van der Waals surface area contributed by atoms with Crippen molar-refractivity contribution >= 4 is 17.9 Å². The summed E-state index contributed by atoms with van der Waals surface area (Å²) in [4.78, 5) is 39.3. The van der Waals surface area contributed by atoms with Gasteiger partial charge in [0.1, 0.15) is 5.76 Å². The molecule has 1 aliphatic carbocycles. The molecule has 1 heterocycles. The number of rotatable bonds is 5. The molecule has 0 aromatic heterocycles. The highest BCUT2D eigenvalue weighted by Crippen LogP contribution is 2.56. The van der Waals surface area contributed by atoms with Crippen molar-refractivity contribution in [2.24, 2.45) is 17.3 Å². The molecule has 0 unspecified atom stereocenters. The van der Waals surface area contributed by atoms with Gasteiger partial charge in [-0.3, -0.25) is 14.4 Å². The lowest BCUT2D eigenvalue weighted by atomic mass is 9.55. The molecular weight excluding hydrogens is 360 g/mol. The molecule has 1 aliphatic heterocycles. The number of allylic oxidation sites excluding steroid dienone is 2. The minimum Gasteiger partial charge on any atom is -0.465 e. The van der Waals surface area contributed by atoms with E-state index in [-0.39, 0.29) is 25.6 Å². The lowest BCUT2D eigenvalue weighted by molar-refractivity contribution is -0.181. The van der Waals surface area contributed by atoms with E-state index in [4.69, 9.17) is 14.2 Å². The molecule has 0 bridgehead atoms. The van der Waals surface area contributed by atoms with E-state index < -0.39 is 35.2 Å². The predicted molar refractivity (Wildman–Crippen MR) is 101 cm³/mol. The van der Waals surface area contributed by atoms with Crippen LogP contribution in [0.4, 0.5) is 0 Å². The van der Waals surface area contributed by atoms with Crippen molar-refractivity contribution in [1.82, 2.24) is 0 Å². The second kappa shape index (κ2) is 8.17. The summed E-state index contributed by atoms with van der Waals surface area (Å²) in [6.45, 7) is 5.41. The summed E-state index contributed by atoms with van der Waals surface area (Å²) in [5.41, 5.74) is -0.852. The number of hydrogen-bond donors (Lipinski definition) is 0. The largest absolute Gasteiger partial charge is 0.465 e. The minimum absolute atomic E-state index is 0.108. The predicted octanol–water partition coefficient (Wildman–Crippen LogP) is 3.37. The van der Waals surface area contributed by atoms with Gasteiger partial charge in [0.05, 0.1) is 19.1 Å². The fourth-order valence-corrected chi connectivity index (χ4v) is 4.56. The Hall–Kier alpha value is -2.63. The Bertz CT molecular complexity index is 763. The zero-order valence-electron chi connectivity index (χ0n) is 16.5. The number of cyclic esters (lactones) is 1. The second-order valence-electron chi connectivity index (χ2n) is 7.23. The molecule has 0 saturated heterocycles. The molecule has 0 N–H and O–H groups in total. The first-order valence-electron chi connectivity index (χ1n) is 9.75. The van der Waals surface area contributed by atoms with Crippen LogP contribution in [0.1, 0.15) is 45.1 Å². The molecular formula is C22H26O6. The summed E-state index contributed by atoms with van der Waals surface area (Å²) in [5.74, 6) is -2.63. The van der Waals surface area contributed by atoms with E-state index in [0.717, 1.165) is 5.56 Å². The quantitative estimate of drug-likeness (QED) is 0.439. The maximum absolute atomic E-state index is 13.2. The number of carbonyl (C=O) groups is 3. The van der Waals surface area contributed by atoms with Gasteiger partial charge in [0, 0.05) is 5.92 Å². The molecule has 1 fully saturated rings. The Kier molecular flexibility index (Phi) is 5.87. The normalized spacial score (nSPS) is 25.8. The standard InChI is InChI=1S/C22H26O6/c1-4-26-20(24)22(21(25)27-5-2)12-11-16-13-14(3)28-19(23)17(16)18(22)15-9-7-6-8-10-15/h6-10,13,16-18H,4-5,11-12H2,1-3H3/t16-,17+,18-/m1/s1. The van der Waals surface area contributed by atoms with Gasteiger partial charge in [-0.1, -0.05) is 30.3 Å². The highest BCUT2D eigenvalue weighted by atomic mass is 16.6. The molecule has 0 spiro atoms. The van der Waals surface area contributed by atoms with Crippen LogP contribution in [-0.4, -0.2) is 31.1 Å². The summed E-state index contributed by atoms with van der Waals surface area (Å²) in [6.07, 6.45) is 2.67. The van der Waals surface area contributed by atoms with E-state index in [1.165, 1.54) is 0 Å². The fraction of sp³-hybridized carbons (Fsp3) is 0.500. The lowest BCUT2D eigenvalue weighted by Crippen LogP contribution is -2.55. The van der Waals surface area contributed by atoms with Gasteiger partial charge in [0.15, 0.2) is 5.41 Å². The van der Waals surface area contributed by atoms with E-state index in [2.05, 4.69) is 0 Å². The van der Waals surface area contributed by atoms with Crippen LogP contribution in [-0.2, 0) is 28.6 Å². The third-order valence-electron chi connectivity index (χ3n) is 5.64. The van der Waals surface area contributed by atoms with Crippen LogP contribution in [0.2, 0.25) is 0 Å². The van der Waals surface area contributed by atoms with Gasteiger partial charge in [-0.25, -0.2) is 0 Å². The molecule has 0 amide bonds. The zero-order chi connectivity index (χ0) is 20.3. The average Bonchev–Trinajstić information content (AvgIpc) is 2.68. The first-order valence-corrected chi connectivity index (χ1v) is 9.75. The molecule has 3 atom stereocenters. The van der Waals surface area contributed by atoms with Crippen LogP contribution in [0, 0.1) is 17.3 Å². The van der Waals surface area contributed by atoms with Crippen molar-refractivity contribution in [3.63, 3.8) is 0 Å². The summed E-state index contributed by atoms with van der Waals surface area (Å²) >= 11 is 0. The van der Waals surface area contributed by atoms with E-state index in [0.29, 0.717) is 12.2 Å². The van der Waals surface area contributed by atoms with Crippen LogP contribution in [0.25, 0.3) is 0 Å². The molecule has 1 aromatic rings. The Labute approximate surface area is 164 Å². The van der Waals surface area contributed by atoms with Crippen molar-refractivity contribution in [1.29, 1.82) is 0 Å². The topological polar surface area (TPSA) is 78.9 Å². The number of ether oxygens (including phenoxy) is 3. The van der Waals surface area contributed by atoms with Gasteiger partial charge >= 0.3 is 17.9 Å². The average molecular weight is 386 g/mol. The molecule has 2 aliphatic rings. The van der Waals surface area contributed by atoms with Gasteiger partial charge in [0.25, 0.3) is 0 Å². The number of carbonyl (C=O) groups excluding carboxylic acids is 3. The Morgan fingerprint density at radius 2 is 1.71 bits per heavy atom. The van der Waals surface area contributed by atoms with Crippen molar-refractivity contribution in [2.75, 3.05) is 13.2 Å². The fourth-order valence-electron chi connectivity index (χ4n) is 4.56. The van der Waals surface area contributed by atoms with Gasteiger partial charge in [-0.05, 0) is 51.2 Å². The lowest BCUT2D eigenvalue weighted by Gasteiger charge is -2.47. The maximum atomic E-state index is 13.2. The van der Waals surface area contributed by atoms with Crippen molar-refractivity contribution in [2.45, 2.75) is 39.5 Å². The highest BCUT2D eigenvalue weighted by Gasteiger charge is 2.63.